The number of oxazole rings is 1. The Morgan fingerprint density at radius 2 is 1.96 bits per heavy atom. The van der Waals surface area contributed by atoms with Gasteiger partial charge in [0.05, 0.1) is 12.1 Å². The number of carbonyl (C=O) groups is 2. The quantitative estimate of drug-likeness (QED) is 0.827. The zero-order chi connectivity index (χ0) is 20.3. The normalized spacial score (nSPS) is 14.2. The number of urea groups is 1. The molecule has 10 heteroatoms. The van der Waals surface area contributed by atoms with Crippen molar-refractivity contribution in [1.29, 1.82) is 0 Å². The molecule has 1 aliphatic heterocycles. The highest BCUT2D eigenvalue weighted by molar-refractivity contribution is 5.93. The van der Waals surface area contributed by atoms with Crippen LogP contribution in [-0.4, -0.2) is 34.9 Å². The highest BCUT2D eigenvalue weighted by Gasteiger charge is 2.30. The van der Waals surface area contributed by atoms with Gasteiger partial charge in [0.1, 0.15) is 5.76 Å². The standard InChI is InChI=1S/C18H19F3N4O3/c1-11-15(16(26)25-7-2-3-8-25)24-14(28-11)10-22-17(27)23-13-6-4-5-12(9-13)18(19,20)21/h4-6,9H,2-3,7-8,10H2,1H3,(H2,22,23,27). The molecular formula is C18H19F3N4O3. The molecule has 0 spiro atoms. The second-order valence-corrected chi connectivity index (χ2v) is 6.40. The van der Waals surface area contributed by atoms with Crippen LogP contribution in [0.25, 0.3) is 0 Å². The smallest absolute Gasteiger partial charge is 0.416 e. The summed E-state index contributed by atoms with van der Waals surface area (Å²) in [5, 5.41) is 4.76. The molecule has 0 unspecified atom stereocenters. The lowest BCUT2D eigenvalue weighted by molar-refractivity contribution is -0.137. The summed E-state index contributed by atoms with van der Waals surface area (Å²) in [4.78, 5) is 30.1. The zero-order valence-corrected chi connectivity index (χ0v) is 15.1. The predicted octanol–water partition coefficient (Wildman–Crippen LogP) is 3.56. The van der Waals surface area contributed by atoms with Gasteiger partial charge in [0.15, 0.2) is 5.69 Å². The third kappa shape index (κ3) is 4.62. The van der Waals surface area contributed by atoms with Gasteiger partial charge >= 0.3 is 12.2 Å². The lowest BCUT2D eigenvalue weighted by Gasteiger charge is -2.13. The number of likely N-dealkylation sites (tertiary alicyclic amines) is 1. The molecule has 0 radical (unpaired) electrons. The van der Waals surface area contributed by atoms with Gasteiger partial charge in [-0.05, 0) is 38.0 Å². The zero-order valence-electron chi connectivity index (χ0n) is 15.1. The molecule has 2 heterocycles. The third-order valence-corrected chi connectivity index (χ3v) is 4.28. The summed E-state index contributed by atoms with van der Waals surface area (Å²) in [6, 6.07) is 3.57. The van der Waals surface area contributed by atoms with Crippen LogP contribution in [0.15, 0.2) is 28.7 Å². The number of hydrogen-bond acceptors (Lipinski definition) is 4. The van der Waals surface area contributed by atoms with Gasteiger partial charge in [-0.2, -0.15) is 13.2 Å². The number of nitrogens with one attached hydrogen (secondary N) is 2. The van der Waals surface area contributed by atoms with Crippen LogP contribution in [0.4, 0.5) is 23.7 Å². The fourth-order valence-electron chi connectivity index (χ4n) is 2.90. The molecule has 0 bridgehead atoms. The molecular weight excluding hydrogens is 377 g/mol. The van der Waals surface area contributed by atoms with Gasteiger partial charge in [0.2, 0.25) is 5.89 Å². The van der Waals surface area contributed by atoms with Gasteiger partial charge < -0.3 is 20.0 Å². The van der Waals surface area contributed by atoms with Crippen molar-refractivity contribution >= 4 is 17.6 Å². The summed E-state index contributed by atoms with van der Waals surface area (Å²) >= 11 is 0. The van der Waals surface area contributed by atoms with E-state index in [2.05, 4.69) is 15.6 Å². The van der Waals surface area contributed by atoms with E-state index in [-0.39, 0.29) is 29.7 Å². The van der Waals surface area contributed by atoms with E-state index in [1.807, 2.05) is 0 Å². The van der Waals surface area contributed by atoms with Crippen LogP contribution in [0.5, 0.6) is 0 Å². The van der Waals surface area contributed by atoms with E-state index in [4.69, 9.17) is 4.42 Å². The average molecular weight is 396 g/mol. The van der Waals surface area contributed by atoms with Crippen LogP contribution in [0, 0.1) is 6.92 Å². The van der Waals surface area contributed by atoms with Crippen molar-refractivity contribution in [2.45, 2.75) is 32.5 Å². The number of hydrogen-bond donors (Lipinski definition) is 2. The van der Waals surface area contributed by atoms with Crippen LogP contribution in [0.1, 0.15) is 40.5 Å². The van der Waals surface area contributed by atoms with Crippen molar-refractivity contribution in [3.05, 3.63) is 47.2 Å². The van der Waals surface area contributed by atoms with E-state index in [0.717, 1.165) is 25.0 Å². The summed E-state index contributed by atoms with van der Waals surface area (Å²) < 4.78 is 43.5. The molecule has 2 N–H and O–H groups in total. The molecule has 1 aromatic heterocycles. The molecule has 1 fully saturated rings. The maximum absolute atomic E-state index is 12.7. The van der Waals surface area contributed by atoms with E-state index in [0.29, 0.717) is 18.8 Å². The highest BCUT2D eigenvalue weighted by atomic mass is 19.4. The number of halogens is 3. The van der Waals surface area contributed by atoms with E-state index < -0.39 is 17.8 Å². The van der Waals surface area contributed by atoms with Crippen molar-refractivity contribution < 1.29 is 27.2 Å². The molecule has 3 rings (SSSR count). The largest absolute Gasteiger partial charge is 0.443 e. The number of benzene rings is 1. The van der Waals surface area contributed by atoms with Gasteiger partial charge in [0.25, 0.3) is 5.91 Å². The average Bonchev–Trinajstić information content (AvgIpc) is 3.29. The molecule has 28 heavy (non-hydrogen) atoms. The Labute approximate surface area is 158 Å². The molecule has 150 valence electrons. The Morgan fingerprint density at radius 3 is 2.64 bits per heavy atom. The SMILES string of the molecule is Cc1oc(CNC(=O)Nc2cccc(C(F)(F)F)c2)nc1C(=O)N1CCCC1. The fourth-order valence-corrected chi connectivity index (χ4v) is 2.90. The molecule has 0 aliphatic carbocycles. The van der Waals surface area contributed by atoms with Crippen molar-refractivity contribution in [1.82, 2.24) is 15.2 Å². The Balaban J connectivity index is 1.58. The van der Waals surface area contributed by atoms with Crippen molar-refractivity contribution in [2.24, 2.45) is 0 Å². The summed E-state index contributed by atoms with van der Waals surface area (Å²) in [5.74, 6) is 0.282. The lowest BCUT2D eigenvalue weighted by atomic mass is 10.2. The van der Waals surface area contributed by atoms with E-state index in [9.17, 15) is 22.8 Å². The monoisotopic (exact) mass is 396 g/mol. The third-order valence-electron chi connectivity index (χ3n) is 4.28. The molecule has 7 nitrogen and oxygen atoms in total. The van der Waals surface area contributed by atoms with Crippen molar-refractivity contribution in [3.63, 3.8) is 0 Å². The van der Waals surface area contributed by atoms with Crippen LogP contribution >= 0.6 is 0 Å². The summed E-state index contributed by atoms with van der Waals surface area (Å²) in [6.45, 7) is 2.86. The molecule has 1 aliphatic rings. The first-order valence-corrected chi connectivity index (χ1v) is 8.72. The molecule has 2 aromatic rings. The number of anilines is 1. The highest BCUT2D eigenvalue weighted by Crippen LogP contribution is 2.30. The second kappa shape index (κ2) is 7.91. The van der Waals surface area contributed by atoms with Gasteiger partial charge in [-0.3, -0.25) is 4.79 Å². The Kier molecular flexibility index (Phi) is 5.57. The van der Waals surface area contributed by atoms with E-state index in [1.165, 1.54) is 12.1 Å². The van der Waals surface area contributed by atoms with Crippen LogP contribution in [0.3, 0.4) is 0 Å². The molecule has 1 aromatic carbocycles. The summed E-state index contributed by atoms with van der Waals surface area (Å²) in [7, 11) is 0. The molecule has 0 atom stereocenters. The molecule has 3 amide bonds. The number of amides is 3. The topological polar surface area (TPSA) is 87.5 Å². The Bertz CT molecular complexity index is 873. The predicted molar refractivity (Wildman–Crippen MR) is 93.7 cm³/mol. The first-order valence-electron chi connectivity index (χ1n) is 8.72. The number of carbonyl (C=O) groups excluding carboxylic acids is 2. The number of rotatable bonds is 4. The minimum absolute atomic E-state index is 0.000750. The number of aromatic nitrogens is 1. The van der Waals surface area contributed by atoms with E-state index >= 15 is 0 Å². The van der Waals surface area contributed by atoms with Crippen molar-refractivity contribution in [3.8, 4) is 0 Å². The van der Waals surface area contributed by atoms with Gasteiger partial charge in [-0.1, -0.05) is 6.07 Å². The maximum Gasteiger partial charge on any atom is 0.416 e. The first-order chi connectivity index (χ1) is 13.2. The van der Waals surface area contributed by atoms with Crippen LogP contribution in [-0.2, 0) is 12.7 Å². The fraction of sp³-hybridized carbons (Fsp3) is 0.389. The summed E-state index contributed by atoms with van der Waals surface area (Å²) in [6.07, 6.45) is -2.60. The Morgan fingerprint density at radius 1 is 1.25 bits per heavy atom. The number of nitrogens with zero attached hydrogens (tertiary/aromatic N) is 2. The minimum Gasteiger partial charge on any atom is -0.443 e. The number of alkyl halides is 3. The Hall–Kier alpha value is -3.04. The summed E-state index contributed by atoms with van der Waals surface area (Å²) in [5.41, 5.74) is -0.656. The number of aryl methyl sites for hydroxylation is 1. The maximum atomic E-state index is 12.7. The van der Waals surface area contributed by atoms with Crippen LogP contribution < -0.4 is 10.6 Å². The van der Waals surface area contributed by atoms with Crippen LogP contribution in [0.2, 0.25) is 0 Å². The minimum atomic E-state index is -4.50. The first kappa shape index (κ1) is 19.7. The molecule has 0 saturated carbocycles. The second-order valence-electron chi connectivity index (χ2n) is 6.40. The lowest BCUT2D eigenvalue weighted by Crippen LogP contribution is -2.29. The van der Waals surface area contributed by atoms with Gasteiger partial charge in [-0.15, -0.1) is 0 Å². The molecule has 1 saturated heterocycles. The van der Waals surface area contributed by atoms with Crippen molar-refractivity contribution in [2.75, 3.05) is 18.4 Å². The van der Waals surface area contributed by atoms with E-state index in [1.54, 1.807) is 11.8 Å². The van der Waals surface area contributed by atoms with Gasteiger partial charge in [-0.25, -0.2) is 9.78 Å². The van der Waals surface area contributed by atoms with Gasteiger partial charge in [0, 0.05) is 18.8 Å².